The molecule has 0 aliphatic heterocycles. The predicted molar refractivity (Wildman–Crippen MR) is 65.3 cm³/mol. The van der Waals surface area contributed by atoms with E-state index >= 15 is 0 Å². The highest BCUT2D eigenvalue weighted by Gasteiger charge is 2.30. The molecule has 0 saturated carbocycles. The van der Waals surface area contributed by atoms with E-state index in [4.69, 9.17) is 5.73 Å². The summed E-state index contributed by atoms with van der Waals surface area (Å²) in [6, 6.07) is 4.16. The number of carbonyl (C=O) groups excluding carboxylic acids is 1. The quantitative estimate of drug-likeness (QED) is 0.523. The van der Waals surface area contributed by atoms with Crippen LogP contribution in [-0.2, 0) is 11.2 Å². The molecule has 17 heavy (non-hydrogen) atoms. The Balaban J connectivity index is 2.83. The van der Waals surface area contributed by atoms with Crippen molar-refractivity contribution >= 4 is 39.2 Å². The minimum Gasteiger partial charge on any atom is -0.398 e. The molecule has 1 rings (SSSR count). The highest BCUT2D eigenvalue weighted by Crippen LogP contribution is 2.39. The molecule has 94 valence electrons. The van der Waals surface area contributed by atoms with Crippen LogP contribution in [-0.4, -0.2) is 16.6 Å². The molecule has 2 nitrogen and oxygen atoms in total. The predicted octanol–water partition coefficient (Wildman–Crippen LogP) is 3.39. The summed E-state index contributed by atoms with van der Waals surface area (Å²) in [5, 5.41) is 0.214. The summed E-state index contributed by atoms with van der Waals surface area (Å²) in [7, 11) is 0. The molecule has 1 aromatic rings. The average molecular weight is 328 g/mol. The first-order valence-corrected chi connectivity index (χ1v) is 6.47. The molecule has 0 heterocycles. The Kier molecular flexibility index (Phi) is 4.88. The normalized spacial score (nSPS) is 11.5. The van der Waals surface area contributed by atoms with Gasteiger partial charge in [0.25, 0.3) is 0 Å². The average Bonchev–Trinajstić information content (AvgIpc) is 2.20. The standard InChI is InChI=1S/C10H9BrF3NOS/c11-5-7(16)3-6-1-2-9(8(15)4-6)17-10(12,13)14/h1-2,4H,3,5,15H2. The number of Topliss-reactive ketones (excluding diaryl/α,β-unsaturated/α-hetero) is 1. The number of ketones is 1. The third-order valence-electron chi connectivity index (χ3n) is 1.85. The summed E-state index contributed by atoms with van der Waals surface area (Å²) in [6.45, 7) is 0. The van der Waals surface area contributed by atoms with Gasteiger partial charge >= 0.3 is 5.51 Å². The maximum Gasteiger partial charge on any atom is 0.446 e. The number of halogens is 4. The molecule has 0 bridgehead atoms. The number of anilines is 1. The Morgan fingerprint density at radius 1 is 1.41 bits per heavy atom. The van der Waals surface area contributed by atoms with E-state index in [1.165, 1.54) is 18.2 Å². The number of hydrogen-bond acceptors (Lipinski definition) is 3. The number of alkyl halides is 4. The zero-order chi connectivity index (χ0) is 13.1. The molecule has 0 aliphatic carbocycles. The molecule has 0 radical (unpaired) electrons. The Bertz CT molecular complexity index is 423. The molecular weight excluding hydrogens is 319 g/mol. The van der Waals surface area contributed by atoms with Crippen LogP contribution < -0.4 is 5.73 Å². The SMILES string of the molecule is Nc1cc(CC(=O)CBr)ccc1SC(F)(F)F. The van der Waals surface area contributed by atoms with E-state index in [1.807, 2.05) is 0 Å². The van der Waals surface area contributed by atoms with Gasteiger partial charge in [0, 0.05) is 17.0 Å². The lowest BCUT2D eigenvalue weighted by molar-refractivity contribution is -0.115. The fraction of sp³-hybridized carbons (Fsp3) is 0.300. The molecule has 1 aromatic carbocycles. The minimum atomic E-state index is -4.36. The minimum absolute atomic E-state index is 0.0344. The maximum absolute atomic E-state index is 12.1. The molecule has 7 heteroatoms. The van der Waals surface area contributed by atoms with Crippen LogP contribution in [0.3, 0.4) is 0 Å². The van der Waals surface area contributed by atoms with Crippen molar-refractivity contribution < 1.29 is 18.0 Å². The van der Waals surface area contributed by atoms with Gasteiger partial charge in [-0.15, -0.1) is 0 Å². The Morgan fingerprint density at radius 2 is 2.06 bits per heavy atom. The van der Waals surface area contributed by atoms with E-state index in [2.05, 4.69) is 15.9 Å². The molecule has 0 aliphatic rings. The number of nitrogens with two attached hydrogens (primary N) is 1. The van der Waals surface area contributed by atoms with Crippen LogP contribution in [0.15, 0.2) is 23.1 Å². The van der Waals surface area contributed by atoms with Crippen molar-refractivity contribution in [1.29, 1.82) is 0 Å². The van der Waals surface area contributed by atoms with E-state index in [0.29, 0.717) is 5.56 Å². The fourth-order valence-electron chi connectivity index (χ4n) is 1.20. The number of rotatable bonds is 4. The van der Waals surface area contributed by atoms with Crippen LogP contribution in [0, 0.1) is 0 Å². The lowest BCUT2D eigenvalue weighted by atomic mass is 10.1. The summed E-state index contributed by atoms with van der Waals surface area (Å²) < 4.78 is 36.4. The zero-order valence-electron chi connectivity index (χ0n) is 8.55. The topological polar surface area (TPSA) is 43.1 Å². The Morgan fingerprint density at radius 3 is 2.53 bits per heavy atom. The van der Waals surface area contributed by atoms with Crippen molar-refractivity contribution in [2.45, 2.75) is 16.8 Å². The second kappa shape index (κ2) is 5.77. The van der Waals surface area contributed by atoms with Crippen molar-refractivity contribution in [3.05, 3.63) is 23.8 Å². The lowest BCUT2D eigenvalue weighted by Crippen LogP contribution is -2.05. The van der Waals surface area contributed by atoms with Crippen molar-refractivity contribution in [3.63, 3.8) is 0 Å². The van der Waals surface area contributed by atoms with Gasteiger partial charge in [-0.05, 0) is 29.5 Å². The molecule has 0 unspecified atom stereocenters. The maximum atomic E-state index is 12.1. The van der Waals surface area contributed by atoms with E-state index in [0.717, 1.165) is 0 Å². The van der Waals surface area contributed by atoms with Gasteiger partial charge in [0.15, 0.2) is 0 Å². The van der Waals surface area contributed by atoms with Crippen LogP contribution in [0.25, 0.3) is 0 Å². The number of thioether (sulfide) groups is 1. The van der Waals surface area contributed by atoms with Crippen LogP contribution in [0.2, 0.25) is 0 Å². The fourth-order valence-corrected chi connectivity index (χ4v) is 1.96. The zero-order valence-corrected chi connectivity index (χ0v) is 11.0. The molecule has 0 fully saturated rings. The Hall–Kier alpha value is -0.690. The second-order valence-corrected chi connectivity index (χ2v) is 4.94. The van der Waals surface area contributed by atoms with Gasteiger partial charge in [0.05, 0.1) is 5.33 Å². The molecule has 0 amide bonds. The number of hydrogen-bond donors (Lipinski definition) is 1. The highest BCUT2D eigenvalue weighted by molar-refractivity contribution is 9.09. The van der Waals surface area contributed by atoms with Gasteiger partial charge in [-0.25, -0.2) is 0 Å². The lowest BCUT2D eigenvalue weighted by Gasteiger charge is -2.09. The smallest absolute Gasteiger partial charge is 0.398 e. The van der Waals surface area contributed by atoms with Gasteiger partial charge < -0.3 is 5.73 Å². The number of carbonyl (C=O) groups is 1. The van der Waals surface area contributed by atoms with Crippen molar-refractivity contribution in [1.82, 2.24) is 0 Å². The summed E-state index contributed by atoms with van der Waals surface area (Å²) in [5.41, 5.74) is 1.79. The van der Waals surface area contributed by atoms with E-state index in [9.17, 15) is 18.0 Å². The van der Waals surface area contributed by atoms with Crippen LogP contribution >= 0.6 is 27.7 Å². The number of nitrogen functional groups attached to an aromatic ring is 1. The van der Waals surface area contributed by atoms with Gasteiger partial charge in [-0.3, -0.25) is 4.79 Å². The van der Waals surface area contributed by atoms with Crippen molar-refractivity contribution in [2.75, 3.05) is 11.1 Å². The molecule has 2 N–H and O–H groups in total. The monoisotopic (exact) mass is 327 g/mol. The first kappa shape index (κ1) is 14.4. The first-order chi connectivity index (χ1) is 7.81. The molecular formula is C10H9BrF3NOS. The van der Waals surface area contributed by atoms with Crippen LogP contribution in [0.1, 0.15) is 5.56 Å². The molecule has 0 atom stereocenters. The third-order valence-corrected chi connectivity index (χ3v) is 3.30. The van der Waals surface area contributed by atoms with Gasteiger partial charge in [-0.2, -0.15) is 13.2 Å². The second-order valence-electron chi connectivity index (χ2n) is 3.27. The van der Waals surface area contributed by atoms with Crippen LogP contribution in [0.4, 0.5) is 18.9 Å². The molecule has 0 saturated heterocycles. The van der Waals surface area contributed by atoms with E-state index in [-0.39, 0.29) is 39.9 Å². The van der Waals surface area contributed by atoms with Gasteiger partial charge in [0.1, 0.15) is 5.78 Å². The summed E-state index contributed by atoms with van der Waals surface area (Å²) >= 11 is 2.75. The third kappa shape index (κ3) is 4.99. The van der Waals surface area contributed by atoms with Crippen molar-refractivity contribution in [3.8, 4) is 0 Å². The first-order valence-electron chi connectivity index (χ1n) is 4.53. The molecule has 0 aromatic heterocycles. The summed E-state index contributed by atoms with van der Waals surface area (Å²) in [6.07, 6.45) is 0.159. The van der Waals surface area contributed by atoms with Gasteiger partial charge in [0.2, 0.25) is 0 Å². The van der Waals surface area contributed by atoms with E-state index in [1.54, 1.807) is 0 Å². The molecule has 0 spiro atoms. The van der Waals surface area contributed by atoms with Crippen molar-refractivity contribution in [2.24, 2.45) is 0 Å². The van der Waals surface area contributed by atoms with Crippen LogP contribution in [0.5, 0.6) is 0 Å². The van der Waals surface area contributed by atoms with E-state index < -0.39 is 5.51 Å². The summed E-state index contributed by atoms with van der Waals surface area (Å²) in [5.74, 6) is -0.0550. The Labute approximate surface area is 109 Å². The number of benzene rings is 1. The largest absolute Gasteiger partial charge is 0.446 e. The summed E-state index contributed by atoms with van der Waals surface area (Å²) in [4.78, 5) is 11.1. The van der Waals surface area contributed by atoms with Gasteiger partial charge in [-0.1, -0.05) is 22.0 Å². The highest BCUT2D eigenvalue weighted by atomic mass is 79.9.